The molecule has 0 spiro atoms. The fraction of sp³-hybridized carbons (Fsp3) is 0.632. The lowest BCUT2D eigenvalue weighted by Crippen LogP contribution is -2.20. The molecule has 6 heteroatoms. The average molecular weight is 341 g/mol. The Balaban J connectivity index is 1.55. The van der Waals surface area contributed by atoms with Gasteiger partial charge in [-0.3, -0.25) is 14.2 Å². The summed E-state index contributed by atoms with van der Waals surface area (Å²) in [6.45, 7) is 5.27. The van der Waals surface area contributed by atoms with Crippen molar-refractivity contribution in [3.05, 3.63) is 29.8 Å². The number of amides is 1. The van der Waals surface area contributed by atoms with Crippen molar-refractivity contribution in [2.45, 2.75) is 70.9 Å². The topological polar surface area (TPSA) is 64.7 Å². The summed E-state index contributed by atoms with van der Waals surface area (Å²) in [6, 6.07) is 2.19. The number of carbonyl (C=O) groups is 1. The Morgan fingerprint density at radius 3 is 2.68 bits per heavy atom. The van der Waals surface area contributed by atoms with Gasteiger partial charge in [-0.15, -0.1) is 0 Å². The summed E-state index contributed by atoms with van der Waals surface area (Å²) < 4.78 is 3.99. The maximum atomic E-state index is 12.9. The molecule has 25 heavy (non-hydrogen) atoms. The number of carbonyl (C=O) groups excluding carboxylic acids is 1. The van der Waals surface area contributed by atoms with Gasteiger partial charge in [0.15, 0.2) is 0 Å². The van der Waals surface area contributed by atoms with Gasteiger partial charge < -0.3 is 5.32 Å². The van der Waals surface area contributed by atoms with E-state index in [0.29, 0.717) is 23.6 Å². The van der Waals surface area contributed by atoms with Crippen LogP contribution in [0.2, 0.25) is 0 Å². The fourth-order valence-electron chi connectivity index (χ4n) is 3.89. The second-order valence-electron chi connectivity index (χ2n) is 7.85. The third-order valence-electron chi connectivity index (χ3n) is 5.20. The smallest absolute Gasteiger partial charge is 0.274 e. The van der Waals surface area contributed by atoms with Crippen molar-refractivity contribution in [3.63, 3.8) is 0 Å². The van der Waals surface area contributed by atoms with Gasteiger partial charge in [-0.05, 0) is 37.7 Å². The zero-order valence-corrected chi connectivity index (χ0v) is 15.1. The molecule has 134 valence electrons. The predicted octanol–water partition coefficient (Wildman–Crippen LogP) is 3.98. The molecule has 0 saturated heterocycles. The van der Waals surface area contributed by atoms with Crippen LogP contribution < -0.4 is 5.32 Å². The molecule has 2 saturated carbocycles. The number of anilines is 1. The summed E-state index contributed by atoms with van der Waals surface area (Å²) in [5.74, 6) is 0.997. The number of hydrogen-bond donors (Lipinski definition) is 1. The number of nitrogens with one attached hydrogen (secondary N) is 1. The fourth-order valence-corrected chi connectivity index (χ4v) is 3.89. The van der Waals surface area contributed by atoms with Crippen LogP contribution in [0.15, 0.2) is 18.5 Å². The monoisotopic (exact) mass is 341 g/mol. The van der Waals surface area contributed by atoms with Crippen LogP contribution in [0.3, 0.4) is 0 Å². The van der Waals surface area contributed by atoms with Crippen LogP contribution >= 0.6 is 0 Å². The van der Waals surface area contributed by atoms with Gasteiger partial charge in [0.2, 0.25) is 0 Å². The average Bonchev–Trinajstić information content (AvgIpc) is 3.01. The maximum Gasteiger partial charge on any atom is 0.274 e. The number of rotatable bonds is 6. The molecular formula is C19H27N5O. The quantitative estimate of drug-likeness (QED) is 0.864. The lowest BCUT2D eigenvalue weighted by Gasteiger charge is -2.15. The maximum absolute atomic E-state index is 12.9. The summed E-state index contributed by atoms with van der Waals surface area (Å²) in [5, 5.41) is 12.1. The Morgan fingerprint density at radius 2 is 2.00 bits per heavy atom. The van der Waals surface area contributed by atoms with Gasteiger partial charge in [-0.25, -0.2) is 0 Å². The van der Waals surface area contributed by atoms with Crippen molar-refractivity contribution in [3.8, 4) is 0 Å². The second-order valence-corrected chi connectivity index (χ2v) is 7.85. The van der Waals surface area contributed by atoms with Gasteiger partial charge in [-0.2, -0.15) is 10.2 Å². The van der Waals surface area contributed by atoms with E-state index in [1.165, 1.54) is 31.4 Å². The third kappa shape index (κ3) is 3.34. The van der Waals surface area contributed by atoms with Crippen molar-refractivity contribution < 1.29 is 4.79 Å². The van der Waals surface area contributed by atoms with Gasteiger partial charge >= 0.3 is 0 Å². The summed E-state index contributed by atoms with van der Waals surface area (Å²) in [6.07, 6.45) is 10.6. The lowest BCUT2D eigenvalue weighted by molar-refractivity contribution is 0.101. The SMILES string of the molecule is CC(C)Cn1ncc(NC(=O)c2ccnn2C2CCCC2)c1C1CC1. The molecule has 2 aromatic rings. The number of aromatic nitrogens is 4. The molecule has 2 heterocycles. The molecule has 0 aliphatic heterocycles. The van der Waals surface area contributed by atoms with Crippen LogP contribution in [0.4, 0.5) is 5.69 Å². The summed E-state index contributed by atoms with van der Waals surface area (Å²) in [7, 11) is 0. The van der Waals surface area contributed by atoms with E-state index in [-0.39, 0.29) is 5.91 Å². The van der Waals surface area contributed by atoms with Gasteiger partial charge in [0.25, 0.3) is 5.91 Å². The minimum atomic E-state index is -0.0737. The first-order valence-corrected chi connectivity index (χ1v) is 9.54. The van der Waals surface area contributed by atoms with E-state index >= 15 is 0 Å². The van der Waals surface area contributed by atoms with E-state index < -0.39 is 0 Å². The Labute approximate surface area is 148 Å². The largest absolute Gasteiger partial charge is 0.318 e. The van der Waals surface area contributed by atoms with Gasteiger partial charge in [-0.1, -0.05) is 26.7 Å². The first-order chi connectivity index (χ1) is 12.1. The van der Waals surface area contributed by atoms with E-state index in [0.717, 1.165) is 25.1 Å². The van der Waals surface area contributed by atoms with Crippen molar-refractivity contribution in [2.75, 3.05) is 5.32 Å². The second kappa shape index (κ2) is 6.65. The van der Waals surface area contributed by atoms with Crippen LogP contribution in [-0.2, 0) is 6.54 Å². The van der Waals surface area contributed by atoms with E-state index in [9.17, 15) is 4.79 Å². The normalized spacial score (nSPS) is 18.2. The zero-order valence-electron chi connectivity index (χ0n) is 15.1. The summed E-state index contributed by atoms with van der Waals surface area (Å²) in [4.78, 5) is 12.9. The van der Waals surface area contributed by atoms with Crippen LogP contribution in [0.5, 0.6) is 0 Å². The standard InChI is InChI=1S/C19H27N5O/c1-13(2)12-23-18(14-7-8-14)16(11-21-23)22-19(25)17-9-10-20-24(17)15-5-3-4-6-15/h9-11,13-15H,3-8,12H2,1-2H3,(H,22,25). The molecular weight excluding hydrogens is 314 g/mol. The minimum Gasteiger partial charge on any atom is -0.318 e. The van der Waals surface area contributed by atoms with Gasteiger partial charge in [0, 0.05) is 18.7 Å². The Morgan fingerprint density at radius 1 is 1.24 bits per heavy atom. The zero-order chi connectivity index (χ0) is 17.4. The highest BCUT2D eigenvalue weighted by molar-refractivity contribution is 6.03. The van der Waals surface area contributed by atoms with Gasteiger partial charge in [0.05, 0.1) is 23.6 Å². The van der Waals surface area contributed by atoms with Crippen molar-refractivity contribution in [2.24, 2.45) is 5.92 Å². The first-order valence-electron chi connectivity index (χ1n) is 9.54. The van der Waals surface area contributed by atoms with Crippen molar-refractivity contribution >= 4 is 11.6 Å². The Bertz CT molecular complexity index is 750. The molecule has 2 aliphatic rings. The van der Waals surface area contributed by atoms with E-state index in [2.05, 4.69) is 34.0 Å². The Hall–Kier alpha value is -2.11. The van der Waals surface area contributed by atoms with Crippen LogP contribution in [0, 0.1) is 5.92 Å². The molecule has 0 bridgehead atoms. The minimum absolute atomic E-state index is 0.0737. The predicted molar refractivity (Wildman–Crippen MR) is 96.7 cm³/mol. The summed E-state index contributed by atoms with van der Waals surface area (Å²) in [5.41, 5.74) is 2.71. The molecule has 1 N–H and O–H groups in total. The van der Waals surface area contributed by atoms with Crippen molar-refractivity contribution in [1.82, 2.24) is 19.6 Å². The molecule has 0 aromatic carbocycles. The van der Waals surface area contributed by atoms with Crippen molar-refractivity contribution in [1.29, 1.82) is 0 Å². The number of nitrogens with zero attached hydrogens (tertiary/aromatic N) is 4. The highest BCUT2D eigenvalue weighted by Crippen LogP contribution is 2.43. The molecule has 0 radical (unpaired) electrons. The first kappa shape index (κ1) is 16.4. The van der Waals surface area contributed by atoms with Crippen LogP contribution in [-0.4, -0.2) is 25.5 Å². The molecule has 0 atom stereocenters. The molecule has 2 fully saturated rings. The number of hydrogen-bond acceptors (Lipinski definition) is 3. The van der Waals surface area contributed by atoms with Crippen LogP contribution in [0.1, 0.15) is 80.5 Å². The molecule has 2 aromatic heterocycles. The van der Waals surface area contributed by atoms with E-state index in [1.807, 2.05) is 16.9 Å². The Kier molecular flexibility index (Phi) is 4.36. The lowest BCUT2D eigenvalue weighted by atomic mass is 10.2. The highest BCUT2D eigenvalue weighted by atomic mass is 16.2. The van der Waals surface area contributed by atoms with Gasteiger partial charge in [0.1, 0.15) is 5.69 Å². The molecule has 6 nitrogen and oxygen atoms in total. The molecule has 1 amide bonds. The summed E-state index contributed by atoms with van der Waals surface area (Å²) >= 11 is 0. The highest BCUT2D eigenvalue weighted by Gasteiger charge is 2.31. The van der Waals surface area contributed by atoms with Crippen LogP contribution in [0.25, 0.3) is 0 Å². The molecule has 4 rings (SSSR count). The molecule has 0 unspecified atom stereocenters. The third-order valence-corrected chi connectivity index (χ3v) is 5.20. The molecule has 2 aliphatic carbocycles. The van der Waals surface area contributed by atoms with E-state index in [4.69, 9.17) is 0 Å². The van der Waals surface area contributed by atoms with E-state index in [1.54, 1.807) is 6.20 Å².